The van der Waals surface area contributed by atoms with Crippen molar-refractivity contribution < 1.29 is 9.59 Å². The molecule has 2 amide bonds. The first-order chi connectivity index (χ1) is 18.5. The Morgan fingerprint density at radius 3 is 2.05 bits per heavy atom. The maximum atomic E-state index is 14.2. The normalized spacial score (nSPS) is 14.7. The number of hydrogen-bond donors (Lipinski definition) is 1. The van der Waals surface area contributed by atoms with Gasteiger partial charge in [0, 0.05) is 35.0 Å². The zero-order valence-electron chi connectivity index (χ0n) is 21.9. The largest absolute Gasteiger partial charge is 0.352 e. The molecule has 1 aliphatic carbocycles. The number of nitrogens with zero attached hydrogens (tertiary/aromatic N) is 1. The molecule has 6 heteroatoms. The number of carbonyl (C=O) groups excluding carboxylic acids is 2. The van der Waals surface area contributed by atoms with Gasteiger partial charge in [0.1, 0.15) is 6.04 Å². The van der Waals surface area contributed by atoms with Crippen LogP contribution in [0.5, 0.6) is 0 Å². The van der Waals surface area contributed by atoms with Crippen LogP contribution in [0.4, 0.5) is 0 Å². The van der Waals surface area contributed by atoms with Crippen LogP contribution in [0.2, 0.25) is 10.0 Å². The van der Waals surface area contributed by atoms with E-state index in [1.807, 2.05) is 49.4 Å². The third-order valence-electron chi connectivity index (χ3n) is 7.48. The van der Waals surface area contributed by atoms with E-state index in [0.717, 1.165) is 42.4 Å². The number of hydrogen-bond acceptors (Lipinski definition) is 2. The minimum atomic E-state index is -0.594. The second-order valence-electron chi connectivity index (χ2n) is 10.1. The monoisotopic (exact) mass is 550 g/mol. The van der Waals surface area contributed by atoms with Gasteiger partial charge in [-0.2, -0.15) is 0 Å². The molecule has 1 unspecified atom stereocenters. The van der Waals surface area contributed by atoms with Crippen molar-refractivity contribution in [3.63, 3.8) is 0 Å². The van der Waals surface area contributed by atoms with Gasteiger partial charge in [0.15, 0.2) is 0 Å². The number of amides is 2. The lowest BCUT2D eigenvalue weighted by molar-refractivity contribution is -0.142. The van der Waals surface area contributed by atoms with Crippen LogP contribution in [0.15, 0.2) is 78.9 Å². The minimum absolute atomic E-state index is 0.0839. The third-order valence-corrected chi connectivity index (χ3v) is 8.06. The van der Waals surface area contributed by atoms with Crippen LogP contribution in [-0.2, 0) is 16.1 Å². The highest BCUT2D eigenvalue weighted by Gasteiger charge is 2.32. The number of carbonyl (C=O) groups is 2. The fourth-order valence-corrected chi connectivity index (χ4v) is 5.86. The Bertz CT molecular complexity index is 1160. The lowest BCUT2D eigenvalue weighted by Gasteiger charge is -2.34. The van der Waals surface area contributed by atoms with E-state index in [9.17, 15) is 9.59 Å². The summed E-state index contributed by atoms with van der Waals surface area (Å²) in [5.41, 5.74) is 2.90. The van der Waals surface area contributed by atoms with Crippen LogP contribution in [0.1, 0.15) is 74.5 Å². The summed E-state index contributed by atoms with van der Waals surface area (Å²) in [6.45, 7) is 2.20. The van der Waals surface area contributed by atoms with Gasteiger partial charge in [0.25, 0.3) is 0 Å². The van der Waals surface area contributed by atoms with Gasteiger partial charge in [-0.3, -0.25) is 9.59 Å². The highest BCUT2D eigenvalue weighted by atomic mass is 35.5. The van der Waals surface area contributed by atoms with Gasteiger partial charge in [-0.05, 0) is 48.1 Å². The van der Waals surface area contributed by atoms with Crippen molar-refractivity contribution in [2.24, 2.45) is 0 Å². The number of nitrogens with one attached hydrogen (secondary N) is 1. The highest BCUT2D eigenvalue weighted by Crippen LogP contribution is 2.31. The summed E-state index contributed by atoms with van der Waals surface area (Å²) in [5, 5.41) is 4.27. The summed E-state index contributed by atoms with van der Waals surface area (Å²) >= 11 is 12.7. The predicted octanol–water partition coefficient (Wildman–Crippen LogP) is 7.77. The Kier molecular flexibility index (Phi) is 10.3. The molecule has 4 rings (SSSR count). The molecule has 3 aromatic carbocycles. The van der Waals surface area contributed by atoms with Crippen molar-refractivity contribution in [3.8, 4) is 0 Å². The number of rotatable bonds is 10. The van der Waals surface area contributed by atoms with Crippen LogP contribution in [0.3, 0.4) is 0 Å². The van der Waals surface area contributed by atoms with Crippen LogP contribution in [-0.4, -0.2) is 28.8 Å². The van der Waals surface area contributed by atoms with Gasteiger partial charge >= 0.3 is 0 Å². The number of halogens is 2. The first kappa shape index (κ1) is 28.2. The average molecular weight is 552 g/mol. The van der Waals surface area contributed by atoms with Crippen molar-refractivity contribution in [1.29, 1.82) is 0 Å². The molecule has 0 heterocycles. The maximum Gasteiger partial charge on any atom is 0.243 e. The van der Waals surface area contributed by atoms with E-state index >= 15 is 0 Å². The van der Waals surface area contributed by atoms with E-state index in [2.05, 4.69) is 29.6 Å². The molecule has 1 fully saturated rings. The molecule has 0 spiro atoms. The molecule has 1 atom stereocenters. The smallest absolute Gasteiger partial charge is 0.243 e. The van der Waals surface area contributed by atoms with Gasteiger partial charge < -0.3 is 10.2 Å². The maximum absolute atomic E-state index is 14.2. The van der Waals surface area contributed by atoms with Gasteiger partial charge in [-0.25, -0.2) is 0 Å². The Hall–Kier alpha value is -2.82. The molecular formula is C32H36Cl2N2O2. The highest BCUT2D eigenvalue weighted by molar-refractivity contribution is 6.35. The van der Waals surface area contributed by atoms with Gasteiger partial charge in [-0.1, -0.05) is 116 Å². The zero-order chi connectivity index (χ0) is 26.9. The Morgan fingerprint density at radius 2 is 1.50 bits per heavy atom. The van der Waals surface area contributed by atoms with Crippen molar-refractivity contribution in [3.05, 3.63) is 106 Å². The topological polar surface area (TPSA) is 49.4 Å². The fraction of sp³-hybridized carbons (Fsp3) is 0.375. The van der Waals surface area contributed by atoms with E-state index in [1.165, 1.54) is 6.42 Å². The van der Waals surface area contributed by atoms with E-state index in [0.29, 0.717) is 16.5 Å². The molecule has 38 heavy (non-hydrogen) atoms. The molecule has 0 saturated heterocycles. The number of benzene rings is 3. The second-order valence-corrected chi connectivity index (χ2v) is 10.9. The Morgan fingerprint density at radius 1 is 0.895 bits per heavy atom. The summed E-state index contributed by atoms with van der Waals surface area (Å²) in [4.78, 5) is 29.5. The molecule has 200 valence electrons. The Labute approximate surface area is 236 Å². The molecule has 1 saturated carbocycles. The molecule has 1 N–H and O–H groups in total. The zero-order valence-corrected chi connectivity index (χ0v) is 23.4. The minimum Gasteiger partial charge on any atom is -0.352 e. The summed E-state index contributed by atoms with van der Waals surface area (Å²) in [6.07, 6.45) is 6.19. The first-order valence-corrected chi connectivity index (χ1v) is 14.4. The van der Waals surface area contributed by atoms with Crippen LogP contribution >= 0.6 is 23.2 Å². The molecule has 0 bridgehead atoms. The molecule has 4 nitrogen and oxygen atoms in total. The molecule has 3 aromatic rings. The summed E-state index contributed by atoms with van der Waals surface area (Å²) in [6, 6.07) is 25.0. The quantitative estimate of drug-likeness (QED) is 0.280. The molecule has 0 aromatic heterocycles. The fourth-order valence-electron chi connectivity index (χ4n) is 5.39. The summed E-state index contributed by atoms with van der Waals surface area (Å²) in [5.74, 6) is -0.305. The first-order valence-electron chi connectivity index (χ1n) is 13.6. The second kappa shape index (κ2) is 13.8. The van der Waals surface area contributed by atoms with Crippen molar-refractivity contribution in [1.82, 2.24) is 10.2 Å². The van der Waals surface area contributed by atoms with Gasteiger partial charge in [-0.15, -0.1) is 0 Å². The lowest BCUT2D eigenvalue weighted by Crippen LogP contribution is -2.51. The Balaban J connectivity index is 1.64. The SMILES string of the molecule is CCC(C(=O)NC1CCCCC1)N(Cc1ccc(Cl)cc1Cl)C(=O)CC(c1ccccc1)c1ccccc1. The lowest BCUT2D eigenvalue weighted by atomic mass is 9.88. The van der Waals surface area contributed by atoms with E-state index in [4.69, 9.17) is 23.2 Å². The molecular weight excluding hydrogens is 515 g/mol. The van der Waals surface area contributed by atoms with Gasteiger partial charge in [0.05, 0.1) is 0 Å². The van der Waals surface area contributed by atoms with E-state index in [-0.39, 0.29) is 36.7 Å². The van der Waals surface area contributed by atoms with Crippen molar-refractivity contribution in [2.45, 2.75) is 76.4 Å². The van der Waals surface area contributed by atoms with E-state index in [1.54, 1.807) is 17.0 Å². The summed E-state index contributed by atoms with van der Waals surface area (Å²) in [7, 11) is 0. The standard InChI is InChI=1S/C32H36Cl2N2O2/c1-2-30(32(38)35-27-16-10-5-11-17-27)36(22-25-18-19-26(33)20-29(25)34)31(37)21-28(23-12-6-3-7-13-23)24-14-8-4-9-15-24/h3-4,6-9,12-15,18-20,27-28,30H,2,5,10-11,16-17,21-22H2,1H3,(H,35,38). The van der Waals surface area contributed by atoms with Crippen LogP contribution in [0.25, 0.3) is 0 Å². The van der Waals surface area contributed by atoms with E-state index < -0.39 is 6.04 Å². The van der Waals surface area contributed by atoms with Crippen molar-refractivity contribution in [2.75, 3.05) is 0 Å². The molecule has 0 radical (unpaired) electrons. The molecule has 0 aliphatic heterocycles. The van der Waals surface area contributed by atoms with Gasteiger partial charge in [0.2, 0.25) is 11.8 Å². The third kappa shape index (κ3) is 7.39. The predicted molar refractivity (Wildman–Crippen MR) is 155 cm³/mol. The van der Waals surface area contributed by atoms with Crippen LogP contribution in [0, 0.1) is 0 Å². The van der Waals surface area contributed by atoms with Crippen molar-refractivity contribution >= 4 is 35.0 Å². The van der Waals surface area contributed by atoms with Crippen LogP contribution < -0.4 is 5.32 Å². The summed E-state index contributed by atoms with van der Waals surface area (Å²) < 4.78 is 0. The average Bonchev–Trinajstić information content (AvgIpc) is 2.94. The molecule has 1 aliphatic rings.